The molecule has 1 N–H and O–H groups in total. The third-order valence-electron chi connectivity index (χ3n) is 13.4. The van der Waals surface area contributed by atoms with Crippen molar-refractivity contribution in [3.63, 3.8) is 0 Å². The van der Waals surface area contributed by atoms with Crippen molar-refractivity contribution in [3.05, 3.63) is 219 Å². The van der Waals surface area contributed by atoms with Crippen molar-refractivity contribution in [2.75, 3.05) is 14.1 Å². The molecule has 8 nitrogen and oxygen atoms in total. The topological polar surface area (TPSA) is 88.5 Å². The van der Waals surface area contributed by atoms with Crippen LogP contribution in [0.3, 0.4) is 0 Å². The van der Waals surface area contributed by atoms with Crippen LogP contribution in [-0.4, -0.2) is 48.4 Å². The molecule has 0 fully saturated rings. The zero-order chi connectivity index (χ0) is 48.9. The predicted octanol–water partition coefficient (Wildman–Crippen LogP) is 12.5. The van der Waals surface area contributed by atoms with Gasteiger partial charge in [-0.15, -0.1) is 0 Å². The van der Waals surface area contributed by atoms with E-state index in [1.54, 1.807) is 15.9 Å². The van der Waals surface area contributed by atoms with E-state index in [1.165, 1.54) is 5.56 Å². The highest BCUT2D eigenvalue weighted by molar-refractivity contribution is 6.17. The molecule has 70 heavy (non-hydrogen) atoms. The number of fused-ring (bicyclic) bond motifs is 4. The standard InChI is InChI=1S/C61H59BN2O6/c1-40-23-25-41(26-24-40)36-68-38-56-51-21-13-9-17-47(51)55(48-18-10-14-22-52(48)56)35-64(6)60(66)53-32-29-43(33-58(53)61(2,3)4)59(65)63(5)34-54-45-15-7-11-19-49(45)57(50-20-12-8-16-46(50)54)39-69-37-42-27-30-44(31-28-42)70-62-67/h7-33,62,67H,34-39H2,1-6H3. The van der Waals surface area contributed by atoms with Gasteiger partial charge in [0.25, 0.3) is 11.8 Å². The molecular weight excluding hydrogens is 867 g/mol. The van der Waals surface area contributed by atoms with Gasteiger partial charge < -0.3 is 29.0 Å². The highest BCUT2D eigenvalue weighted by Gasteiger charge is 2.28. The van der Waals surface area contributed by atoms with Crippen LogP contribution < -0.4 is 4.65 Å². The van der Waals surface area contributed by atoms with Crippen LogP contribution in [0, 0.1) is 6.92 Å². The van der Waals surface area contributed by atoms with E-state index in [2.05, 4.69) is 125 Å². The Labute approximate surface area is 411 Å². The summed E-state index contributed by atoms with van der Waals surface area (Å²) in [5.41, 5.74) is 9.17. The second-order valence-electron chi connectivity index (χ2n) is 19.3. The minimum absolute atomic E-state index is 0.108. The van der Waals surface area contributed by atoms with Gasteiger partial charge in [-0.05, 0) is 125 Å². The Hall–Kier alpha value is -7.30. The second-order valence-corrected chi connectivity index (χ2v) is 19.3. The first-order chi connectivity index (χ1) is 33.9. The smallest absolute Gasteiger partial charge is 0.504 e. The third kappa shape index (κ3) is 10.1. The maximum absolute atomic E-state index is 14.7. The molecule has 0 bridgehead atoms. The third-order valence-corrected chi connectivity index (χ3v) is 13.4. The molecule has 0 aromatic heterocycles. The van der Waals surface area contributed by atoms with Gasteiger partial charge in [-0.1, -0.05) is 160 Å². The molecule has 9 rings (SSSR count). The van der Waals surface area contributed by atoms with Crippen molar-refractivity contribution >= 4 is 62.6 Å². The first-order valence-corrected chi connectivity index (χ1v) is 23.9. The molecular formula is C61H59BN2O6. The molecule has 352 valence electrons. The predicted molar refractivity (Wildman–Crippen MR) is 284 cm³/mol. The number of ether oxygens (including phenoxy) is 2. The van der Waals surface area contributed by atoms with Gasteiger partial charge in [0.2, 0.25) is 0 Å². The zero-order valence-electron chi connectivity index (χ0n) is 40.9. The molecule has 0 atom stereocenters. The molecule has 0 heterocycles. The highest BCUT2D eigenvalue weighted by atomic mass is 16.5. The van der Waals surface area contributed by atoms with Crippen LogP contribution in [0.5, 0.6) is 5.75 Å². The maximum Gasteiger partial charge on any atom is 0.504 e. The zero-order valence-corrected chi connectivity index (χ0v) is 40.9. The molecule has 0 spiro atoms. The molecule has 0 unspecified atom stereocenters. The first-order valence-electron chi connectivity index (χ1n) is 23.9. The molecule has 0 aliphatic carbocycles. The molecule has 0 radical (unpaired) electrons. The summed E-state index contributed by atoms with van der Waals surface area (Å²) in [6.45, 7) is 10.9. The highest BCUT2D eigenvalue weighted by Crippen LogP contribution is 2.37. The van der Waals surface area contributed by atoms with E-state index in [1.807, 2.05) is 74.8 Å². The van der Waals surface area contributed by atoms with Crippen LogP contribution in [0.1, 0.15) is 86.0 Å². The largest absolute Gasteiger partial charge is 0.539 e. The Balaban J connectivity index is 0.962. The van der Waals surface area contributed by atoms with E-state index in [0.717, 1.165) is 82.0 Å². The van der Waals surface area contributed by atoms with Crippen LogP contribution in [0.2, 0.25) is 0 Å². The number of rotatable bonds is 16. The van der Waals surface area contributed by atoms with E-state index in [-0.39, 0.29) is 19.5 Å². The lowest BCUT2D eigenvalue weighted by Gasteiger charge is -2.27. The van der Waals surface area contributed by atoms with E-state index in [9.17, 15) is 9.59 Å². The van der Waals surface area contributed by atoms with Gasteiger partial charge in [0.05, 0.1) is 26.4 Å². The molecule has 0 saturated heterocycles. The number of aryl methyl sites for hydroxylation is 1. The fraction of sp³-hybridized carbons (Fsp3) is 0.213. The fourth-order valence-electron chi connectivity index (χ4n) is 9.78. The maximum atomic E-state index is 14.7. The summed E-state index contributed by atoms with van der Waals surface area (Å²) >= 11 is 0. The van der Waals surface area contributed by atoms with Crippen LogP contribution >= 0.6 is 0 Å². The molecule has 0 saturated carbocycles. The Morgan fingerprint density at radius 3 is 1.29 bits per heavy atom. The SMILES string of the molecule is Cc1ccc(COCc2c3ccccc3c(CN(C)C(=O)c3ccc(C(=O)N(C)Cc4c5ccccc5c(COCc5ccc(OBO)cc5)c5ccccc45)cc3C(C)(C)C)c3ccccc23)cc1. The molecule has 2 amide bonds. The Bertz CT molecular complexity index is 3250. The van der Waals surface area contributed by atoms with Crippen LogP contribution in [0.15, 0.2) is 164 Å². The number of amides is 2. The minimum atomic E-state index is -0.442. The van der Waals surface area contributed by atoms with Crippen molar-refractivity contribution in [3.8, 4) is 5.75 Å². The second kappa shape index (κ2) is 20.7. The summed E-state index contributed by atoms with van der Waals surface area (Å²) in [5, 5.41) is 17.8. The van der Waals surface area contributed by atoms with Crippen LogP contribution in [0.4, 0.5) is 0 Å². The van der Waals surface area contributed by atoms with Gasteiger partial charge in [-0.25, -0.2) is 0 Å². The molecule has 9 aromatic rings. The lowest BCUT2D eigenvalue weighted by Crippen LogP contribution is -2.31. The lowest BCUT2D eigenvalue weighted by molar-refractivity contribution is 0.0772. The van der Waals surface area contributed by atoms with Gasteiger partial charge in [0, 0.05) is 38.3 Å². The number of hydrogen-bond acceptors (Lipinski definition) is 6. The van der Waals surface area contributed by atoms with Gasteiger partial charge in [0.1, 0.15) is 5.75 Å². The average Bonchev–Trinajstić information content (AvgIpc) is 3.37. The normalized spacial score (nSPS) is 11.6. The average molecular weight is 927 g/mol. The Morgan fingerprint density at radius 1 is 0.500 bits per heavy atom. The van der Waals surface area contributed by atoms with Gasteiger partial charge in [-0.3, -0.25) is 9.59 Å². The van der Waals surface area contributed by atoms with Crippen molar-refractivity contribution < 1.29 is 28.7 Å². The number of carbonyl (C=O) groups is 2. The van der Waals surface area contributed by atoms with E-state index in [4.69, 9.17) is 19.2 Å². The summed E-state index contributed by atoms with van der Waals surface area (Å²) in [5.74, 6) is 0.360. The van der Waals surface area contributed by atoms with Crippen molar-refractivity contribution in [1.82, 2.24) is 9.80 Å². The van der Waals surface area contributed by atoms with Gasteiger partial charge >= 0.3 is 7.69 Å². The quantitative estimate of drug-likeness (QED) is 0.0767. The molecule has 0 aliphatic rings. The van der Waals surface area contributed by atoms with Crippen molar-refractivity contribution in [2.45, 2.75) is 72.6 Å². The van der Waals surface area contributed by atoms with E-state index >= 15 is 0 Å². The van der Waals surface area contributed by atoms with E-state index in [0.29, 0.717) is 56.4 Å². The summed E-state index contributed by atoms with van der Waals surface area (Å²) < 4.78 is 17.9. The molecule has 9 heteroatoms. The van der Waals surface area contributed by atoms with Crippen LogP contribution in [-0.2, 0) is 54.4 Å². The Kier molecular flexibility index (Phi) is 14.2. The Morgan fingerprint density at radius 2 is 0.886 bits per heavy atom. The number of nitrogens with zero attached hydrogens (tertiary/aromatic N) is 2. The first kappa shape index (κ1) is 47.8. The summed E-state index contributed by atoms with van der Waals surface area (Å²) in [6, 6.07) is 55.0. The van der Waals surface area contributed by atoms with Crippen molar-refractivity contribution in [2.24, 2.45) is 0 Å². The minimum Gasteiger partial charge on any atom is -0.539 e. The summed E-state index contributed by atoms with van der Waals surface area (Å²) in [6.07, 6.45) is 0. The lowest BCUT2D eigenvalue weighted by atomic mass is 9.82. The van der Waals surface area contributed by atoms with E-state index < -0.39 is 5.41 Å². The summed E-state index contributed by atoms with van der Waals surface area (Å²) in [4.78, 5) is 32.9. The van der Waals surface area contributed by atoms with Gasteiger partial charge in [0.15, 0.2) is 0 Å². The van der Waals surface area contributed by atoms with Gasteiger partial charge in [-0.2, -0.15) is 0 Å². The monoisotopic (exact) mass is 926 g/mol. The molecule has 9 aromatic carbocycles. The summed E-state index contributed by atoms with van der Waals surface area (Å²) in [7, 11) is 3.34. The number of carbonyl (C=O) groups excluding carboxylic acids is 2. The number of hydrogen-bond donors (Lipinski definition) is 1. The van der Waals surface area contributed by atoms with Crippen LogP contribution in [0.25, 0.3) is 43.1 Å². The number of benzene rings is 9. The van der Waals surface area contributed by atoms with Crippen molar-refractivity contribution in [1.29, 1.82) is 0 Å². The fourth-order valence-corrected chi connectivity index (χ4v) is 9.78. The molecule has 0 aliphatic heterocycles.